The molecule has 2 saturated heterocycles. The van der Waals surface area contributed by atoms with E-state index in [4.69, 9.17) is 5.84 Å². The van der Waals surface area contributed by atoms with Crippen molar-refractivity contribution in [2.45, 2.75) is 30.2 Å². The molecule has 3 N–H and O–H groups in total. The van der Waals surface area contributed by atoms with Gasteiger partial charge in [-0.25, -0.2) is 8.42 Å². The molecule has 3 rings (SSSR count). The highest BCUT2D eigenvalue weighted by atomic mass is 32.2. The molecule has 1 unspecified atom stereocenters. The predicted octanol–water partition coefficient (Wildman–Crippen LogP) is 0.831. The van der Waals surface area contributed by atoms with Crippen LogP contribution in [0.5, 0.6) is 0 Å². The third-order valence-electron chi connectivity index (χ3n) is 4.46. The van der Waals surface area contributed by atoms with Gasteiger partial charge in [-0.15, -0.1) is 0 Å². The summed E-state index contributed by atoms with van der Waals surface area (Å²) >= 11 is 0. The van der Waals surface area contributed by atoms with Crippen LogP contribution in [0.15, 0.2) is 29.2 Å². The van der Waals surface area contributed by atoms with E-state index in [0.717, 1.165) is 19.5 Å². The summed E-state index contributed by atoms with van der Waals surface area (Å²) in [6.07, 6.45) is 3.50. The fourth-order valence-electron chi connectivity index (χ4n) is 3.30. The maximum atomic E-state index is 12.9. The number of rotatable bonds is 3. The van der Waals surface area contributed by atoms with Gasteiger partial charge in [0.05, 0.1) is 5.69 Å². The van der Waals surface area contributed by atoms with Gasteiger partial charge in [0.2, 0.25) is 10.0 Å². The van der Waals surface area contributed by atoms with E-state index in [1.807, 2.05) is 0 Å². The first-order chi connectivity index (χ1) is 10.1. The van der Waals surface area contributed by atoms with E-state index in [9.17, 15) is 8.42 Å². The monoisotopic (exact) mass is 310 g/mol. The van der Waals surface area contributed by atoms with Gasteiger partial charge in [0, 0.05) is 25.7 Å². The standard InChI is InChI=1S/C14H22N4O2S/c15-16-13-6-1-2-7-14(13)21(19,20)18-10-9-17-8-4-3-5-12(17)11-18/h1-2,6-7,12,16H,3-5,8-11,15H2. The lowest BCUT2D eigenvalue weighted by molar-refractivity contribution is 0.0852. The number of hydrazine groups is 1. The Morgan fingerprint density at radius 1 is 1.14 bits per heavy atom. The van der Waals surface area contributed by atoms with E-state index < -0.39 is 10.0 Å². The Morgan fingerprint density at radius 2 is 1.95 bits per heavy atom. The van der Waals surface area contributed by atoms with Gasteiger partial charge in [-0.05, 0) is 31.5 Å². The Kier molecular flexibility index (Phi) is 4.17. The molecule has 7 heteroatoms. The van der Waals surface area contributed by atoms with Crippen molar-refractivity contribution < 1.29 is 8.42 Å². The fourth-order valence-corrected chi connectivity index (χ4v) is 4.92. The molecule has 0 saturated carbocycles. The minimum Gasteiger partial charge on any atom is -0.323 e. The molecule has 116 valence electrons. The van der Waals surface area contributed by atoms with E-state index >= 15 is 0 Å². The molecule has 0 spiro atoms. The number of benzene rings is 1. The summed E-state index contributed by atoms with van der Waals surface area (Å²) < 4.78 is 27.3. The number of hydrogen-bond acceptors (Lipinski definition) is 5. The van der Waals surface area contributed by atoms with E-state index in [1.54, 1.807) is 28.6 Å². The van der Waals surface area contributed by atoms with Crippen LogP contribution in [-0.4, -0.2) is 49.8 Å². The van der Waals surface area contributed by atoms with Crippen molar-refractivity contribution in [1.82, 2.24) is 9.21 Å². The van der Waals surface area contributed by atoms with Crippen molar-refractivity contribution in [3.63, 3.8) is 0 Å². The van der Waals surface area contributed by atoms with E-state index in [2.05, 4.69) is 10.3 Å². The summed E-state index contributed by atoms with van der Waals surface area (Å²) in [4.78, 5) is 2.68. The van der Waals surface area contributed by atoms with Gasteiger partial charge in [-0.1, -0.05) is 18.6 Å². The maximum absolute atomic E-state index is 12.9. The lowest BCUT2D eigenvalue weighted by Crippen LogP contribution is -2.56. The Balaban J connectivity index is 1.85. The summed E-state index contributed by atoms with van der Waals surface area (Å²) in [5.41, 5.74) is 2.93. The van der Waals surface area contributed by atoms with Crippen LogP contribution in [0.2, 0.25) is 0 Å². The molecule has 2 heterocycles. The number of nitrogen functional groups attached to an aromatic ring is 1. The molecule has 0 aromatic heterocycles. The molecule has 2 aliphatic heterocycles. The molecule has 0 aliphatic carbocycles. The minimum absolute atomic E-state index is 0.261. The third-order valence-corrected chi connectivity index (χ3v) is 6.38. The molecule has 0 radical (unpaired) electrons. The van der Waals surface area contributed by atoms with Crippen molar-refractivity contribution in [3.05, 3.63) is 24.3 Å². The molecular formula is C14H22N4O2S. The highest BCUT2D eigenvalue weighted by Gasteiger charge is 2.35. The number of nitrogens with two attached hydrogens (primary N) is 1. The quantitative estimate of drug-likeness (QED) is 0.639. The van der Waals surface area contributed by atoms with Gasteiger partial charge in [-0.3, -0.25) is 10.7 Å². The van der Waals surface area contributed by atoms with Crippen LogP contribution in [0.3, 0.4) is 0 Å². The fraction of sp³-hybridized carbons (Fsp3) is 0.571. The van der Waals surface area contributed by atoms with Gasteiger partial charge < -0.3 is 5.43 Å². The second kappa shape index (κ2) is 5.92. The summed E-state index contributed by atoms with van der Waals surface area (Å²) in [7, 11) is -3.49. The largest absolute Gasteiger partial charge is 0.323 e. The van der Waals surface area contributed by atoms with Gasteiger partial charge in [0.15, 0.2) is 0 Å². The van der Waals surface area contributed by atoms with Crippen LogP contribution in [0.4, 0.5) is 5.69 Å². The number of anilines is 1. The molecule has 6 nitrogen and oxygen atoms in total. The normalized spacial score (nSPS) is 24.5. The average Bonchev–Trinajstić information content (AvgIpc) is 2.54. The first kappa shape index (κ1) is 14.8. The van der Waals surface area contributed by atoms with Crippen LogP contribution >= 0.6 is 0 Å². The summed E-state index contributed by atoms with van der Waals surface area (Å²) in [5, 5.41) is 0. The van der Waals surface area contributed by atoms with Gasteiger partial charge in [0.25, 0.3) is 0 Å². The molecule has 0 amide bonds. The first-order valence-electron chi connectivity index (χ1n) is 7.43. The Morgan fingerprint density at radius 3 is 2.76 bits per heavy atom. The molecule has 1 aromatic carbocycles. The zero-order valence-corrected chi connectivity index (χ0v) is 12.8. The van der Waals surface area contributed by atoms with Crippen molar-refractivity contribution >= 4 is 15.7 Å². The Labute approximate surface area is 125 Å². The second-order valence-electron chi connectivity index (χ2n) is 5.69. The lowest BCUT2D eigenvalue weighted by atomic mass is 10.0. The van der Waals surface area contributed by atoms with Crippen LogP contribution < -0.4 is 11.3 Å². The zero-order chi connectivity index (χ0) is 14.9. The number of piperazine rings is 1. The van der Waals surface area contributed by atoms with Crippen molar-refractivity contribution in [3.8, 4) is 0 Å². The number of piperidine rings is 1. The number of nitrogens with zero attached hydrogens (tertiary/aromatic N) is 2. The van der Waals surface area contributed by atoms with E-state index in [1.165, 1.54) is 12.8 Å². The Hall–Kier alpha value is -1.15. The van der Waals surface area contributed by atoms with Crippen molar-refractivity contribution in [2.75, 3.05) is 31.6 Å². The topological polar surface area (TPSA) is 78.7 Å². The van der Waals surface area contributed by atoms with E-state index in [0.29, 0.717) is 24.8 Å². The molecule has 1 aromatic rings. The molecule has 2 fully saturated rings. The second-order valence-corrected chi connectivity index (χ2v) is 7.60. The molecule has 21 heavy (non-hydrogen) atoms. The van der Waals surface area contributed by atoms with Crippen LogP contribution in [0.1, 0.15) is 19.3 Å². The smallest absolute Gasteiger partial charge is 0.245 e. The maximum Gasteiger partial charge on any atom is 0.245 e. The number of hydrogen-bond donors (Lipinski definition) is 2. The van der Waals surface area contributed by atoms with Crippen molar-refractivity contribution in [2.24, 2.45) is 5.84 Å². The summed E-state index contributed by atoms with van der Waals surface area (Å²) in [6, 6.07) is 7.15. The Bertz CT molecular complexity index is 605. The predicted molar refractivity (Wildman–Crippen MR) is 82.2 cm³/mol. The highest BCUT2D eigenvalue weighted by molar-refractivity contribution is 7.89. The van der Waals surface area contributed by atoms with Crippen LogP contribution in [0, 0.1) is 0 Å². The zero-order valence-electron chi connectivity index (χ0n) is 12.0. The lowest BCUT2D eigenvalue weighted by Gasteiger charge is -2.43. The third kappa shape index (κ3) is 2.78. The first-order valence-corrected chi connectivity index (χ1v) is 8.87. The molecule has 1 atom stereocenters. The van der Waals surface area contributed by atoms with Gasteiger partial charge in [0.1, 0.15) is 4.90 Å². The number of para-hydroxylation sites is 1. The van der Waals surface area contributed by atoms with Crippen LogP contribution in [0.25, 0.3) is 0 Å². The van der Waals surface area contributed by atoms with Gasteiger partial charge >= 0.3 is 0 Å². The molecule has 0 bridgehead atoms. The minimum atomic E-state index is -3.49. The van der Waals surface area contributed by atoms with Gasteiger partial charge in [-0.2, -0.15) is 4.31 Å². The number of nitrogens with one attached hydrogen (secondary N) is 1. The summed E-state index contributed by atoms with van der Waals surface area (Å²) in [5.74, 6) is 5.44. The number of fused-ring (bicyclic) bond motifs is 1. The molecule has 2 aliphatic rings. The average molecular weight is 310 g/mol. The summed E-state index contributed by atoms with van der Waals surface area (Å²) in [6.45, 7) is 3.06. The molecular weight excluding hydrogens is 288 g/mol. The van der Waals surface area contributed by atoms with Crippen molar-refractivity contribution in [1.29, 1.82) is 0 Å². The van der Waals surface area contributed by atoms with Crippen LogP contribution in [-0.2, 0) is 10.0 Å². The SMILES string of the molecule is NNc1ccccc1S(=O)(=O)N1CCN2CCCCC2C1. The van der Waals surface area contributed by atoms with E-state index in [-0.39, 0.29) is 4.90 Å². The highest BCUT2D eigenvalue weighted by Crippen LogP contribution is 2.28. The number of sulfonamides is 1.